The Morgan fingerprint density at radius 3 is 2.04 bits per heavy atom. The van der Waals surface area contributed by atoms with Gasteiger partial charge in [-0.05, 0) is 52.3 Å². The first-order valence-corrected chi connectivity index (χ1v) is 9.47. The highest BCUT2D eigenvalue weighted by Crippen LogP contribution is 2.24. The van der Waals surface area contributed by atoms with Crippen molar-refractivity contribution >= 4 is 21.7 Å². The smallest absolute Gasteiger partial charge is 0.325 e. The van der Waals surface area contributed by atoms with Crippen LogP contribution < -0.4 is 10.5 Å². The third kappa shape index (κ3) is 5.79. The number of nitrogens with two attached hydrogens (primary N) is 1. The van der Waals surface area contributed by atoms with Crippen LogP contribution in [0.1, 0.15) is 53.0 Å². The first kappa shape index (κ1) is 20.4. The topological polar surface area (TPSA) is 98.5 Å². The van der Waals surface area contributed by atoms with Gasteiger partial charge in [0, 0.05) is 11.6 Å². The number of nitrogen functional groups attached to an aromatic ring is 1. The fourth-order valence-electron chi connectivity index (χ4n) is 2.02. The Morgan fingerprint density at radius 1 is 1.12 bits per heavy atom. The minimum Gasteiger partial charge on any atom is -0.459 e. The Hall–Kier alpha value is -1.60. The molecule has 1 aromatic rings. The molecule has 136 valence electrons. The summed E-state index contributed by atoms with van der Waals surface area (Å²) in [5.74, 6) is -1.01. The highest BCUT2D eigenvalue weighted by molar-refractivity contribution is 7.90. The fraction of sp³-hybridized carbons (Fsp3) is 0.588. The minimum atomic E-state index is -3.63. The van der Waals surface area contributed by atoms with E-state index in [1.165, 1.54) is 0 Å². The second kappa shape index (κ2) is 7.53. The molecule has 1 rings (SSSR count). The van der Waals surface area contributed by atoms with E-state index in [9.17, 15) is 13.2 Å². The van der Waals surface area contributed by atoms with Gasteiger partial charge in [0.25, 0.3) is 0 Å². The van der Waals surface area contributed by atoms with Crippen LogP contribution in [0.2, 0.25) is 0 Å². The summed E-state index contributed by atoms with van der Waals surface area (Å²) in [5, 5.41) is -0.652. The summed E-state index contributed by atoms with van der Waals surface area (Å²) in [6, 6.07) is 5.98. The van der Waals surface area contributed by atoms with Crippen molar-refractivity contribution < 1.29 is 17.9 Å². The van der Waals surface area contributed by atoms with Gasteiger partial charge in [0.1, 0.15) is 11.6 Å². The maximum atomic E-state index is 12.6. The molecule has 1 aromatic carbocycles. The molecule has 0 aliphatic heterocycles. The Labute approximate surface area is 144 Å². The number of nitrogens with one attached hydrogen (secondary N) is 1. The van der Waals surface area contributed by atoms with E-state index < -0.39 is 38.8 Å². The number of ether oxygens (including phenoxy) is 1. The van der Waals surface area contributed by atoms with Gasteiger partial charge in [-0.1, -0.05) is 19.1 Å². The van der Waals surface area contributed by atoms with Crippen LogP contribution in [-0.2, 0) is 19.6 Å². The standard InChI is InChI=1S/C17H28N2O4S/c1-11(2)24(21,22)19-15(16(20)23-17(4,5)6)12(3)13-7-9-14(18)10-8-13/h7-12,15,19H,18H2,1-6H3. The van der Waals surface area contributed by atoms with Crippen LogP contribution in [0.4, 0.5) is 5.69 Å². The van der Waals surface area contributed by atoms with Crippen molar-refractivity contribution in [3.05, 3.63) is 29.8 Å². The molecule has 0 saturated heterocycles. The summed E-state index contributed by atoms with van der Waals surface area (Å²) in [4.78, 5) is 12.6. The van der Waals surface area contributed by atoms with Crippen LogP contribution in [0.5, 0.6) is 0 Å². The van der Waals surface area contributed by atoms with E-state index in [4.69, 9.17) is 10.5 Å². The van der Waals surface area contributed by atoms with E-state index in [-0.39, 0.29) is 0 Å². The number of sulfonamides is 1. The van der Waals surface area contributed by atoms with Crippen molar-refractivity contribution in [1.82, 2.24) is 4.72 Å². The molecule has 0 aliphatic rings. The molecule has 2 unspecified atom stereocenters. The maximum Gasteiger partial charge on any atom is 0.325 e. The zero-order valence-corrected chi connectivity index (χ0v) is 16.0. The van der Waals surface area contributed by atoms with Crippen molar-refractivity contribution in [2.24, 2.45) is 0 Å². The molecule has 0 spiro atoms. The van der Waals surface area contributed by atoms with Crippen LogP contribution in [0, 0.1) is 0 Å². The predicted octanol–water partition coefficient (Wildman–Crippen LogP) is 2.41. The SMILES string of the molecule is CC(c1ccc(N)cc1)C(NS(=O)(=O)C(C)C)C(=O)OC(C)(C)C. The van der Waals surface area contributed by atoms with E-state index >= 15 is 0 Å². The van der Waals surface area contributed by atoms with Crippen molar-refractivity contribution in [3.63, 3.8) is 0 Å². The summed E-state index contributed by atoms with van der Waals surface area (Å²) in [7, 11) is -3.63. The average molecular weight is 356 g/mol. The largest absolute Gasteiger partial charge is 0.459 e. The van der Waals surface area contributed by atoms with Crippen LogP contribution in [0.15, 0.2) is 24.3 Å². The normalized spacial score (nSPS) is 15.1. The maximum absolute atomic E-state index is 12.6. The second-order valence-electron chi connectivity index (χ2n) is 7.18. The Balaban J connectivity index is 3.16. The second-order valence-corrected chi connectivity index (χ2v) is 9.45. The number of hydrogen-bond donors (Lipinski definition) is 2. The number of rotatable bonds is 6. The number of anilines is 1. The van der Waals surface area contributed by atoms with Gasteiger partial charge >= 0.3 is 5.97 Å². The molecule has 0 saturated carbocycles. The van der Waals surface area contributed by atoms with Crippen LogP contribution in [0.25, 0.3) is 0 Å². The molecule has 2 atom stereocenters. The third-order valence-corrected chi connectivity index (χ3v) is 5.36. The number of benzene rings is 1. The quantitative estimate of drug-likeness (QED) is 0.602. The lowest BCUT2D eigenvalue weighted by molar-refractivity contribution is -0.157. The molecule has 0 fully saturated rings. The Bertz CT molecular complexity index is 661. The van der Waals surface area contributed by atoms with Crippen molar-refractivity contribution in [3.8, 4) is 0 Å². The molecule has 6 nitrogen and oxygen atoms in total. The van der Waals surface area contributed by atoms with Crippen molar-refractivity contribution in [1.29, 1.82) is 0 Å². The molecule has 0 amide bonds. The lowest BCUT2D eigenvalue weighted by Gasteiger charge is -2.28. The number of carbonyl (C=O) groups excluding carboxylic acids is 1. The van der Waals surface area contributed by atoms with Gasteiger partial charge in [0.05, 0.1) is 5.25 Å². The van der Waals surface area contributed by atoms with Gasteiger partial charge in [0.2, 0.25) is 10.0 Å². The molecule has 0 bridgehead atoms. The van der Waals surface area contributed by atoms with E-state index in [1.807, 2.05) is 0 Å². The van der Waals surface area contributed by atoms with Gasteiger partial charge < -0.3 is 10.5 Å². The Morgan fingerprint density at radius 2 is 1.62 bits per heavy atom. The van der Waals surface area contributed by atoms with Crippen LogP contribution in [-0.4, -0.2) is 31.3 Å². The van der Waals surface area contributed by atoms with Crippen LogP contribution >= 0.6 is 0 Å². The summed E-state index contributed by atoms with van der Waals surface area (Å²) >= 11 is 0. The number of esters is 1. The van der Waals surface area contributed by atoms with E-state index in [2.05, 4.69) is 4.72 Å². The Kier molecular flexibility index (Phi) is 6.41. The molecular formula is C17H28N2O4S. The van der Waals surface area contributed by atoms with E-state index in [0.717, 1.165) is 5.56 Å². The fourth-order valence-corrected chi connectivity index (χ4v) is 2.95. The molecule has 0 radical (unpaired) electrons. The first-order valence-electron chi connectivity index (χ1n) is 7.93. The molecule has 24 heavy (non-hydrogen) atoms. The lowest BCUT2D eigenvalue weighted by Crippen LogP contribution is -2.48. The van der Waals surface area contributed by atoms with E-state index in [0.29, 0.717) is 5.69 Å². The summed E-state index contributed by atoms with van der Waals surface area (Å²) in [5.41, 5.74) is 6.37. The van der Waals surface area contributed by atoms with Gasteiger partial charge in [0.15, 0.2) is 0 Å². The van der Waals surface area contributed by atoms with Crippen molar-refractivity contribution in [2.75, 3.05) is 5.73 Å². The molecule has 0 aliphatic carbocycles. The highest BCUT2D eigenvalue weighted by Gasteiger charge is 2.34. The lowest BCUT2D eigenvalue weighted by atomic mass is 9.93. The summed E-state index contributed by atoms with van der Waals surface area (Å²) < 4.78 is 32.4. The summed E-state index contributed by atoms with van der Waals surface area (Å²) in [6.45, 7) is 10.1. The van der Waals surface area contributed by atoms with Gasteiger partial charge in [-0.2, -0.15) is 0 Å². The van der Waals surface area contributed by atoms with E-state index in [1.54, 1.807) is 65.8 Å². The highest BCUT2D eigenvalue weighted by atomic mass is 32.2. The molecular weight excluding hydrogens is 328 g/mol. The predicted molar refractivity (Wildman–Crippen MR) is 96.1 cm³/mol. The monoisotopic (exact) mass is 356 g/mol. The van der Waals surface area contributed by atoms with Crippen LogP contribution in [0.3, 0.4) is 0 Å². The molecule has 3 N–H and O–H groups in total. The van der Waals surface area contributed by atoms with Gasteiger partial charge in [-0.25, -0.2) is 13.1 Å². The number of hydrogen-bond acceptors (Lipinski definition) is 5. The molecule has 0 heterocycles. The molecule has 0 aromatic heterocycles. The van der Waals surface area contributed by atoms with Crippen molar-refractivity contribution in [2.45, 2.75) is 64.4 Å². The van der Waals surface area contributed by atoms with Gasteiger partial charge in [-0.3, -0.25) is 4.79 Å². The van der Waals surface area contributed by atoms with Gasteiger partial charge in [-0.15, -0.1) is 0 Å². The minimum absolute atomic E-state index is 0.408. The average Bonchev–Trinajstić information content (AvgIpc) is 2.42. The summed E-state index contributed by atoms with van der Waals surface area (Å²) in [6.07, 6.45) is 0. The third-order valence-electron chi connectivity index (χ3n) is 3.53. The first-order chi connectivity index (χ1) is 10.8. The zero-order chi connectivity index (χ0) is 18.7. The molecule has 7 heteroatoms. The zero-order valence-electron chi connectivity index (χ0n) is 15.2. The number of carbonyl (C=O) groups is 1.